The zero-order chi connectivity index (χ0) is 51.9. The maximum Gasteiger partial charge on any atom is 0.472 e. The van der Waals surface area contributed by atoms with Crippen molar-refractivity contribution in [2.24, 2.45) is 0 Å². The summed E-state index contributed by atoms with van der Waals surface area (Å²) >= 11 is 0. The van der Waals surface area contributed by atoms with E-state index in [1.807, 2.05) is 66.8 Å². The van der Waals surface area contributed by atoms with Gasteiger partial charge < -0.3 is 49.7 Å². The summed E-state index contributed by atoms with van der Waals surface area (Å²) in [5, 5.41) is 51.2. The normalized spacial score (nSPS) is 22.4. The highest BCUT2D eigenvalue weighted by Crippen LogP contribution is 2.49. The van der Waals surface area contributed by atoms with Crippen LogP contribution >= 0.6 is 15.6 Å². The highest BCUT2D eigenvalue weighted by atomic mass is 31.2. The quantitative estimate of drug-likeness (QED) is 0.00940. The summed E-state index contributed by atoms with van der Waals surface area (Å²) in [6, 6.07) is 0. The molecule has 1 aliphatic rings. The molecule has 1 saturated carbocycles. The molecule has 0 bridgehead atoms. The standard InChI is InChI=1S/C51H82O17P2/c1-3-5-7-8-9-10-11-12-13-14-15-16-17-18-21-24-27-30-34-38-44(53)64-40-43(41-65-70(62,63)68-51-48(57)46(55)47(56)50(49(51)58)67-69(59,60)61)66-45(54)39-35-31-28-25-22-19-20-23-26-29-33-37-42(52)36-32-6-4-2/h9-10,12-13,15-16,18-21,25-30,33,37,42-43,46-52,55-58H,3-8,11,14,17,22-24,31-32,34-36,38-41H2,1-2H3,(H,62,63)(H2,59,60,61)/b10-9-,13-12-,16-15-,20-19-,21-18-,28-25-,29-26-,30-27-,37-33+/t42-,43+,46?,47?,48?,49?,50+,51-/m0/s1. The number of aliphatic hydroxyl groups excluding tert-OH is 5. The summed E-state index contributed by atoms with van der Waals surface area (Å²) in [6.45, 7) is 2.84. The zero-order valence-electron chi connectivity index (χ0n) is 41.0. The van der Waals surface area contributed by atoms with E-state index in [0.29, 0.717) is 32.1 Å². The Bertz CT molecular complexity index is 1780. The third kappa shape index (κ3) is 34.1. The Morgan fingerprint density at radius 1 is 0.529 bits per heavy atom. The molecule has 8 N–H and O–H groups in total. The van der Waals surface area contributed by atoms with Crippen molar-refractivity contribution >= 4 is 27.6 Å². The van der Waals surface area contributed by atoms with Crippen molar-refractivity contribution in [3.05, 3.63) is 109 Å². The number of hydrogen-bond donors (Lipinski definition) is 8. The second kappa shape index (κ2) is 40.1. The van der Waals surface area contributed by atoms with Crippen molar-refractivity contribution < 1.29 is 82.0 Å². The monoisotopic (exact) mass is 1030 g/mol. The molecule has 0 aromatic carbocycles. The number of carbonyl (C=O) groups is 2. The molecule has 1 rings (SSSR count). The third-order valence-corrected chi connectivity index (χ3v) is 11.9. The number of allylic oxidation sites excluding steroid dienone is 17. The molecule has 0 aliphatic heterocycles. The van der Waals surface area contributed by atoms with E-state index in [1.54, 1.807) is 6.08 Å². The lowest BCUT2D eigenvalue weighted by Gasteiger charge is -2.43. The van der Waals surface area contributed by atoms with Gasteiger partial charge in [-0.1, -0.05) is 155 Å². The van der Waals surface area contributed by atoms with E-state index in [-0.39, 0.29) is 12.8 Å². The Kier molecular flexibility index (Phi) is 37.1. The average molecular weight is 1030 g/mol. The van der Waals surface area contributed by atoms with Gasteiger partial charge in [0, 0.05) is 12.8 Å². The van der Waals surface area contributed by atoms with E-state index >= 15 is 0 Å². The van der Waals surface area contributed by atoms with Crippen molar-refractivity contribution in [3.63, 3.8) is 0 Å². The molecule has 70 heavy (non-hydrogen) atoms. The highest BCUT2D eigenvalue weighted by Gasteiger charge is 2.54. The molecular formula is C51H82O17P2. The first kappa shape index (κ1) is 64.6. The van der Waals surface area contributed by atoms with Gasteiger partial charge in [-0.15, -0.1) is 0 Å². The number of rotatable bonds is 39. The first-order valence-corrected chi connectivity index (χ1v) is 27.6. The van der Waals surface area contributed by atoms with Gasteiger partial charge in [0.25, 0.3) is 0 Å². The predicted octanol–water partition coefficient (Wildman–Crippen LogP) is 8.70. The molecule has 9 atom stereocenters. The minimum Gasteiger partial charge on any atom is -0.462 e. The van der Waals surface area contributed by atoms with E-state index in [0.717, 1.165) is 57.8 Å². The van der Waals surface area contributed by atoms with Gasteiger partial charge in [0.1, 0.15) is 43.2 Å². The molecular weight excluding hydrogens is 946 g/mol. The number of phosphoric ester groups is 2. The Hall–Kier alpha value is -3.38. The second-order valence-electron chi connectivity index (χ2n) is 16.7. The zero-order valence-corrected chi connectivity index (χ0v) is 42.8. The fraction of sp³-hybridized carbons (Fsp3) is 0.608. The van der Waals surface area contributed by atoms with Gasteiger partial charge in [0.2, 0.25) is 0 Å². The fourth-order valence-electron chi connectivity index (χ4n) is 6.58. The number of esters is 2. The maximum absolute atomic E-state index is 13.0. The number of unbranched alkanes of at least 4 members (excludes halogenated alkanes) is 6. The van der Waals surface area contributed by atoms with E-state index < -0.39 is 89.6 Å². The largest absolute Gasteiger partial charge is 0.472 e. The Labute approximate surface area is 415 Å². The minimum atomic E-state index is -5.39. The van der Waals surface area contributed by atoms with Crippen LogP contribution in [0.5, 0.6) is 0 Å². The predicted molar refractivity (Wildman–Crippen MR) is 270 cm³/mol. The van der Waals surface area contributed by atoms with Gasteiger partial charge in [0.15, 0.2) is 6.10 Å². The van der Waals surface area contributed by atoms with Crippen LogP contribution < -0.4 is 0 Å². The van der Waals surface area contributed by atoms with Crippen LogP contribution in [0.2, 0.25) is 0 Å². The van der Waals surface area contributed by atoms with Crippen molar-refractivity contribution in [1.29, 1.82) is 0 Å². The lowest BCUT2D eigenvalue weighted by Crippen LogP contribution is -2.64. The van der Waals surface area contributed by atoms with Gasteiger partial charge in [-0.3, -0.25) is 23.2 Å². The van der Waals surface area contributed by atoms with Crippen molar-refractivity contribution in [1.82, 2.24) is 0 Å². The second-order valence-corrected chi connectivity index (χ2v) is 19.3. The van der Waals surface area contributed by atoms with E-state index in [9.17, 15) is 58.9 Å². The molecule has 17 nitrogen and oxygen atoms in total. The van der Waals surface area contributed by atoms with Gasteiger partial charge in [-0.25, -0.2) is 9.13 Å². The lowest BCUT2D eigenvalue weighted by molar-refractivity contribution is -0.216. The van der Waals surface area contributed by atoms with Crippen LogP contribution in [0.4, 0.5) is 0 Å². The van der Waals surface area contributed by atoms with E-state index in [1.165, 1.54) is 19.3 Å². The Morgan fingerprint density at radius 2 is 1.01 bits per heavy atom. The van der Waals surface area contributed by atoms with Crippen molar-refractivity contribution in [2.45, 2.75) is 185 Å². The van der Waals surface area contributed by atoms with E-state index in [2.05, 4.69) is 54.8 Å². The Balaban J connectivity index is 2.69. The molecule has 0 aromatic heterocycles. The summed E-state index contributed by atoms with van der Waals surface area (Å²) < 4.78 is 49.2. The van der Waals surface area contributed by atoms with E-state index in [4.69, 9.17) is 18.5 Å². The van der Waals surface area contributed by atoms with Crippen LogP contribution in [0.25, 0.3) is 0 Å². The number of phosphoric acid groups is 2. The first-order chi connectivity index (χ1) is 33.5. The number of ether oxygens (including phenoxy) is 2. The van der Waals surface area contributed by atoms with Crippen LogP contribution in [0.3, 0.4) is 0 Å². The Morgan fingerprint density at radius 3 is 1.56 bits per heavy atom. The number of aliphatic hydroxyl groups is 5. The number of carbonyl (C=O) groups excluding carboxylic acids is 2. The summed E-state index contributed by atoms with van der Waals surface area (Å²) in [5.41, 5.74) is 0. The topological polar surface area (TPSA) is 276 Å². The van der Waals surface area contributed by atoms with Crippen LogP contribution in [0, 0.1) is 0 Å². The average Bonchev–Trinajstić information content (AvgIpc) is 3.31. The summed E-state index contributed by atoms with van der Waals surface area (Å²) in [6.07, 6.45) is 35.2. The maximum atomic E-state index is 13.0. The van der Waals surface area contributed by atoms with Crippen LogP contribution in [-0.4, -0.2) is 114 Å². The molecule has 0 radical (unpaired) electrons. The molecule has 398 valence electrons. The van der Waals surface area contributed by atoms with Crippen LogP contribution in [0.1, 0.15) is 136 Å². The molecule has 0 heterocycles. The summed E-state index contributed by atoms with van der Waals surface area (Å²) in [4.78, 5) is 54.3. The molecule has 0 spiro atoms. The van der Waals surface area contributed by atoms with Crippen molar-refractivity contribution in [3.8, 4) is 0 Å². The lowest BCUT2D eigenvalue weighted by atomic mass is 9.85. The number of hydrogen-bond acceptors (Lipinski definition) is 14. The molecule has 1 aliphatic carbocycles. The smallest absolute Gasteiger partial charge is 0.462 e. The molecule has 0 aromatic rings. The summed E-state index contributed by atoms with van der Waals surface area (Å²) in [7, 11) is -10.7. The summed E-state index contributed by atoms with van der Waals surface area (Å²) in [5.74, 6) is -1.41. The van der Waals surface area contributed by atoms with Gasteiger partial charge in [-0.05, 0) is 77.0 Å². The van der Waals surface area contributed by atoms with Crippen molar-refractivity contribution in [2.75, 3.05) is 13.2 Å². The minimum absolute atomic E-state index is 0.0302. The van der Waals surface area contributed by atoms with Crippen LogP contribution in [-0.2, 0) is 41.8 Å². The van der Waals surface area contributed by atoms with Gasteiger partial charge in [0.05, 0.1) is 12.7 Å². The molecule has 19 heteroatoms. The van der Waals surface area contributed by atoms with Gasteiger partial charge in [-0.2, -0.15) is 0 Å². The first-order valence-electron chi connectivity index (χ1n) is 24.5. The molecule has 1 fully saturated rings. The molecule has 0 saturated heterocycles. The highest BCUT2D eigenvalue weighted by molar-refractivity contribution is 7.47. The molecule has 0 amide bonds. The van der Waals surface area contributed by atoms with Gasteiger partial charge >= 0.3 is 27.6 Å². The SMILES string of the molecule is CCCCC/C=C\C/C=C\C/C=C\C/C=C\C/C=C\CCC(=O)OC[C@H](COP(=O)(O)O[C@H]1C(O)C(O)C(O)[C@@H](OP(=O)(O)O)C1O)OC(=O)CCC/C=C\C/C=C\C/C=C\C=C\[C@@H](O)CCCCC. The van der Waals surface area contributed by atoms with Crippen LogP contribution in [0.15, 0.2) is 109 Å². The fourth-order valence-corrected chi connectivity index (χ4v) is 8.12. The molecule has 5 unspecified atom stereocenters. The third-order valence-electron chi connectivity index (χ3n) is 10.4.